The van der Waals surface area contributed by atoms with E-state index in [0.29, 0.717) is 6.54 Å². The Balaban J connectivity index is 1.95. The van der Waals surface area contributed by atoms with Crippen LogP contribution in [0.1, 0.15) is 10.7 Å². The zero-order chi connectivity index (χ0) is 9.80. The molecule has 0 unspecified atom stereocenters. The molecule has 0 bridgehead atoms. The monoisotopic (exact) mass is 206 g/mol. The number of nitrogens with zero attached hydrogens (tertiary/aromatic N) is 3. The molecule has 0 aliphatic carbocycles. The molecule has 4 nitrogen and oxygen atoms in total. The molecule has 0 aliphatic rings. The lowest BCUT2D eigenvalue weighted by Gasteiger charge is -2.00. The molecular formula is C9H10N4S. The molecule has 0 saturated heterocycles. The van der Waals surface area contributed by atoms with Crippen LogP contribution in [0.25, 0.3) is 0 Å². The summed E-state index contributed by atoms with van der Waals surface area (Å²) in [6, 6.07) is 3.73. The first kappa shape index (κ1) is 9.08. The van der Waals surface area contributed by atoms with Crippen LogP contribution >= 0.6 is 11.3 Å². The maximum absolute atomic E-state index is 4.33. The number of thiazole rings is 1. The van der Waals surface area contributed by atoms with Gasteiger partial charge < -0.3 is 5.32 Å². The van der Waals surface area contributed by atoms with Gasteiger partial charge in [-0.15, -0.1) is 16.4 Å². The average molecular weight is 206 g/mol. The highest BCUT2D eigenvalue weighted by Gasteiger charge is 1.98. The van der Waals surface area contributed by atoms with Crippen molar-refractivity contribution in [1.29, 1.82) is 0 Å². The lowest BCUT2D eigenvalue weighted by molar-refractivity contribution is 0.981. The van der Waals surface area contributed by atoms with Gasteiger partial charge in [-0.05, 0) is 19.1 Å². The summed E-state index contributed by atoms with van der Waals surface area (Å²) < 4.78 is 0. The first-order valence-corrected chi connectivity index (χ1v) is 5.15. The van der Waals surface area contributed by atoms with Gasteiger partial charge in [0, 0.05) is 11.6 Å². The van der Waals surface area contributed by atoms with Crippen molar-refractivity contribution in [2.75, 3.05) is 5.32 Å². The van der Waals surface area contributed by atoms with Crippen molar-refractivity contribution in [1.82, 2.24) is 15.2 Å². The number of nitrogens with one attached hydrogen (secondary N) is 1. The number of anilines is 1. The van der Waals surface area contributed by atoms with E-state index >= 15 is 0 Å². The Kier molecular flexibility index (Phi) is 2.69. The van der Waals surface area contributed by atoms with E-state index in [2.05, 4.69) is 20.5 Å². The molecule has 0 aliphatic heterocycles. The van der Waals surface area contributed by atoms with Gasteiger partial charge in [-0.3, -0.25) is 0 Å². The molecule has 0 amide bonds. The van der Waals surface area contributed by atoms with Crippen molar-refractivity contribution in [2.45, 2.75) is 13.5 Å². The third-order valence-corrected chi connectivity index (χ3v) is 2.51. The normalized spacial score (nSPS) is 10.1. The smallest absolute Gasteiger partial charge is 0.148 e. The minimum absolute atomic E-state index is 0.697. The summed E-state index contributed by atoms with van der Waals surface area (Å²) in [5.41, 5.74) is 1.04. The molecule has 14 heavy (non-hydrogen) atoms. The zero-order valence-electron chi connectivity index (χ0n) is 7.77. The Morgan fingerprint density at radius 2 is 2.43 bits per heavy atom. The summed E-state index contributed by atoms with van der Waals surface area (Å²) in [7, 11) is 0. The van der Waals surface area contributed by atoms with Gasteiger partial charge in [0.2, 0.25) is 0 Å². The molecule has 0 atom stereocenters. The highest BCUT2D eigenvalue weighted by Crippen LogP contribution is 2.09. The molecule has 1 N–H and O–H groups in total. The minimum atomic E-state index is 0.697. The maximum atomic E-state index is 4.33. The second-order valence-electron chi connectivity index (χ2n) is 2.82. The Morgan fingerprint density at radius 1 is 1.50 bits per heavy atom. The Morgan fingerprint density at radius 3 is 3.07 bits per heavy atom. The molecule has 0 fully saturated rings. The van der Waals surface area contributed by atoms with Crippen molar-refractivity contribution >= 4 is 17.2 Å². The van der Waals surface area contributed by atoms with Crippen LogP contribution in [0.4, 0.5) is 5.82 Å². The largest absolute Gasteiger partial charge is 0.363 e. The van der Waals surface area contributed by atoms with E-state index in [0.717, 1.165) is 16.5 Å². The third kappa shape index (κ3) is 2.26. The van der Waals surface area contributed by atoms with Crippen LogP contribution in [0.5, 0.6) is 0 Å². The fraction of sp³-hybridized carbons (Fsp3) is 0.222. The van der Waals surface area contributed by atoms with Crippen molar-refractivity contribution in [3.05, 3.63) is 34.4 Å². The highest BCUT2D eigenvalue weighted by atomic mass is 32.1. The summed E-state index contributed by atoms with van der Waals surface area (Å²) in [4.78, 5) is 4.33. The van der Waals surface area contributed by atoms with Gasteiger partial charge >= 0.3 is 0 Å². The average Bonchev–Trinajstić information content (AvgIpc) is 2.63. The predicted octanol–water partition coefficient (Wildman–Crippen LogP) is 1.85. The van der Waals surface area contributed by atoms with E-state index in [1.807, 2.05) is 24.4 Å². The number of hydrogen-bond donors (Lipinski definition) is 1. The fourth-order valence-corrected chi connectivity index (χ4v) is 1.68. The molecule has 2 aromatic heterocycles. The van der Waals surface area contributed by atoms with Crippen molar-refractivity contribution in [3.63, 3.8) is 0 Å². The summed E-state index contributed by atoms with van der Waals surface area (Å²) in [5, 5.41) is 14.0. The van der Waals surface area contributed by atoms with Crippen LogP contribution in [-0.4, -0.2) is 15.2 Å². The standard InChI is InChI=1S/C9H10N4S/c1-7-12-8(6-14-7)5-10-9-3-2-4-11-13-9/h2-4,6H,5H2,1H3,(H,10,13). The molecular weight excluding hydrogens is 196 g/mol. The third-order valence-electron chi connectivity index (χ3n) is 1.69. The van der Waals surface area contributed by atoms with Crippen LogP contribution in [0.3, 0.4) is 0 Å². The summed E-state index contributed by atoms with van der Waals surface area (Å²) in [6.45, 7) is 2.69. The van der Waals surface area contributed by atoms with Crippen LogP contribution in [0.2, 0.25) is 0 Å². The van der Waals surface area contributed by atoms with Crippen LogP contribution in [0, 0.1) is 6.92 Å². The van der Waals surface area contributed by atoms with Crippen LogP contribution < -0.4 is 5.32 Å². The van der Waals surface area contributed by atoms with Gasteiger partial charge in [0.05, 0.1) is 17.2 Å². The van der Waals surface area contributed by atoms with E-state index < -0.39 is 0 Å². The second-order valence-corrected chi connectivity index (χ2v) is 3.88. The van der Waals surface area contributed by atoms with Gasteiger partial charge in [-0.1, -0.05) is 0 Å². The van der Waals surface area contributed by atoms with Crippen LogP contribution in [-0.2, 0) is 6.54 Å². The number of rotatable bonds is 3. The first-order chi connectivity index (χ1) is 6.84. The lowest BCUT2D eigenvalue weighted by Crippen LogP contribution is -2.01. The van der Waals surface area contributed by atoms with Gasteiger partial charge in [0.15, 0.2) is 0 Å². The Bertz CT molecular complexity index is 398. The van der Waals surface area contributed by atoms with Crippen LogP contribution in [0.15, 0.2) is 23.7 Å². The first-order valence-electron chi connectivity index (χ1n) is 4.27. The molecule has 2 aromatic rings. The maximum Gasteiger partial charge on any atom is 0.148 e. The molecule has 2 rings (SSSR count). The van der Waals surface area contributed by atoms with Gasteiger partial charge in [0.25, 0.3) is 0 Å². The summed E-state index contributed by atoms with van der Waals surface area (Å²) in [6.07, 6.45) is 1.65. The SMILES string of the molecule is Cc1nc(CNc2cccnn2)cs1. The van der Waals surface area contributed by atoms with E-state index in [1.54, 1.807) is 17.5 Å². The highest BCUT2D eigenvalue weighted by molar-refractivity contribution is 7.09. The van der Waals surface area contributed by atoms with Gasteiger partial charge in [-0.25, -0.2) is 4.98 Å². The van der Waals surface area contributed by atoms with E-state index in [4.69, 9.17) is 0 Å². The molecule has 0 spiro atoms. The molecule has 0 radical (unpaired) electrons. The quantitative estimate of drug-likeness (QED) is 0.832. The van der Waals surface area contributed by atoms with Crippen molar-refractivity contribution < 1.29 is 0 Å². The number of hydrogen-bond acceptors (Lipinski definition) is 5. The molecule has 2 heterocycles. The summed E-state index contributed by atoms with van der Waals surface area (Å²) >= 11 is 1.65. The minimum Gasteiger partial charge on any atom is -0.363 e. The lowest BCUT2D eigenvalue weighted by atomic mass is 10.4. The van der Waals surface area contributed by atoms with E-state index in [9.17, 15) is 0 Å². The Labute approximate surface area is 86.0 Å². The number of aryl methyl sites for hydroxylation is 1. The molecule has 5 heteroatoms. The fourth-order valence-electron chi connectivity index (χ4n) is 1.07. The molecule has 72 valence electrons. The van der Waals surface area contributed by atoms with Crippen molar-refractivity contribution in [3.8, 4) is 0 Å². The van der Waals surface area contributed by atoms with Crippen molar-refractivity contribution in [2.24, 2.45) is 0 Å². The van der Waals surface area contributed by atoms with E-state index in [-0.39, 0.29) is 0 Å². The topological polar surface area (TPSA) is 50.7 Å². The van der Waals surface area contributed by atoms with E-state index in [1.165, 1.54) is 0 Å². The molecule has 0 aromatic carbocycles. The van der Waals surface area contributed by atoms with Gasteiger partial charge in [-0.2, -0.15) is 5.10 Å². The number of aromatic nitrogens is 3. The Hall–Kier alpha value is -1.49. The predicted molar refractivity (Wildman–Crippen MR) is 56.2 cm³/mol. The zero-order valence-corrected chi connectivity index (χ0v) is 8.58. The van der Waals surface area contributed by atoms with Gasteiger partial charge in [0.1, 0.15) is 5.82 Å². The second kappa shape index (κ2) is 4.15. The summed E-state index contributed by atoms with van der Waals surface area (Å²) in [5.74, 6) is 0.776. The molecule has 0 saturated carbocycles.